The first-order valence-electron chi connectivity index (χ1n) is 9.24. The number of nitrogens with zero attached hydrogens (tertiary/aromatic N) is 4. The predicted molar refractivity (Wildman–Crippen MR) is 101 cm³/mol. The van der Waals surface area contributed by atoms with Crippen LogP contribution >= 0.6 is 0 Å². The molecule has 1 atom stereocenters. The van der Waals surface area contributed by atoms with Gasteiger partial charge in [-0.15, -0.1) is 0 Å². The van der Waals surface area contributed by atoms with E-state index in [9.17, 15) is 4.79 Å². The highest BCUT2D eigenvalue weighted by Gasteiger charge is 2.36. The van der Waals surface area contributed by atoms with Crippen LogP contribution < -0.4 is 0 Å². The summed E-state index contributed by atoms with van der Waals surface area (Å²) in [5.41, 5.74) is 3.19. The summed E-state index contributed by atoms with van der Waals surface area (Å²) >= 11 is 0. The Balaban J connectivity index is 1.54. The van der Waals surface area contributed by atoms with E-state index in [4.69, 9.17) is 4.52 Å². The lowest BCUT2D eigenvalue weighted by Crippen LogP contribution is -2.27. The summed E-state index contributed by atoms with van der Waals surface area (Å²) in [4.78, 5) is 22.9. The number of carbonyl (C=O) groups is 1. The quantitative estimate of drug-likeness (QED) is 0.683. The molecule has 1 aromatic carbocycles. The average Bonchev–Trinajstić information content (AvgIpc) is 3.31. The Hall–Kier alpha value is -3.02. The first-order chi connectivity index (χ1) is 13.1. The van der Waals surface area contributed by atoms with Gasteiger partial charge in [-0.2, -0.15) is 4.98 Å². The van der Waals surface area contributed by atoms with Gasteiger partial charge in [0.05, 0.1) is 0 Å². The number of carbonyl (C=O) groups excluding carboxylic acids is 1. The highest BCUT2D eigenvalue weighted by molar-refractivity contribution is 5.78. The molecule has 27 heavy (non-hydrogen) atoms. The van der Waals surface area contributed by atoms with Crippen molar-refractivity contribution in [3.05, 3.63) is 65.8 Å². The highest BCUT2D eigenvalue weighted by Crippen LogP contribution is 2.34. The molecule has 0 radical (unpaired) electrons. The second-order valence-corrected chi connectivity index (χ2v) is 7.17. The van der Waals surface area contributed by atoms with Gasteiger partial charge < -0.3 is 9.42 Å². The Morgan fingerprint density at radius 2 is 2.04 bits per heavy atom. The van der Waals surface area contributed by atoms with E-state index in [0.717, 1.165) is 11.1 Å². The molecule has 138 valence electrons. The first kappa shape index (κ1) is 17.4. The third-order valence-electron chi connectivity index (χ3n) is 4.97. The van der Waals surface area contributed by atoms with Crippen molar-refractivity contribution in [1.82, 2.24) is 20.0 Å². The summed E-state index contributed by atoms with van der Waals surface area (Å²) in [5, 5.41) is 4.06. The minimum Gasteiger partial charge on any atom is -0.337 e. The Bertz CT molecular complexity index is 919. The highest BCUT2D eigenvalue weighted by atomic mass is 16.5. The molecule has 1 unspecified atom stereocenters. The van der Waals surface area contributed by atoms with Crippen molar-refractivity contribution in [3.8, 4) is 11.4 Å². The molecule has 3 heterocycles. The van der Waals surface area contributed by atoms with E-state index < -0.39 is 0 Å². The molecule has 1 fully saturated rings. The monoisotopic (exact) mass is 362 g/mol. The van der Waals surface area contributed by atoms with E-state index >= 15 is 0 Å². The lowest BCUT2D eigenvalue weighted by Gasteiger charge is -2.22. The Labute approximate surface area is 158 Å². The minimum atomic E-state index is -0.180. The number of likely N-dealkylation sites (tertiary alicyclic amines) is 1. The zero-order chi connectivity index (χ0) is 18.8. The molecule has 6 heteroatoms. The molecule has 0 bridgehead atoms. The van der Waals surface area contributed by atoms with E-state index in [1.54, 1.807) is 12.4 Å². The molecular formula is C21H22N4O2. The summed E-state index contributed by atoms with van der Waals surface area (Å²) < 4.78 is 5.49. The molecular weight excluding hydrogens is 340 g/mol. The van der Waals surface area contributed by atoms with Crippen LogP contribution in [0.3, 0.4) is 0 Å². The second-order valence-electron chi connectivity index (χ2n) is 7.17. The van der Waals surface area contributed by atoms with E-state index in [1.807, 2.05) is 17.0 Å². The molecule has 1 aliphatic rings. The molecule has 0 N–H and O–H groups in total. The number of rotatable bonds is 5. The van der Waals surface area contributed by atoms with Crippen LogP contribution in [0, 0.1) is 0 Å². The van der Waals surface area contributed by atoms with Crippen LogP contribution in [0.4, 0.5) is 0 Å². The standard InChI is InChI=1S/C21H22N4O2/c1-14(2)16-7-5-15(6-8-16)13-25-18(9-10-19(25)26)21-23-20(24-27-21)17-4-3-11-22-12-17/h3-8,11-12,14,18H,9-10,13H2,1-2H3. The molecule has 3 aromatic rings. The molecule has 0 spiro atoms. The van der Waals surface area contributed by atoms with Crippen molar-refractivity contribution < 1.29 is 9.32 Å². The van der Waals surface area contributed by atoms with Gasteiger partial charge in [0.2, 0.25) is 17.6 Å². The molecule has 6 nitrogen and oxygen atoms in total. The van der Waals surface area contributed by atoms with Gasteiger partial charge in [0, 0.05) is 30.9 Å². The van der Waals surface area contributed by atoms with Gasteiger partial charge in [-0.25, -0.2) is 0 Å². The van der Waals surface area contributed by atoms with Crippen molar-refractivity contribution in [3.63, 3.8) is 0 Å². The number of hydrogen-bond donors (Lipinski definition) is 0. The lowest BCUT2D eigenvalue weighted by atomic mass is 10.0. The SMILES string of the molecule is CC(C)c1ccc(CN2C(=O)CCC2c2nc(-c3cccnc3)no2)cc1. The average molecular weight is 362 g/mol. The third-order valence-corrected chi connectivity index (χ3v) is 4.97. The van der Waals surface area contributed by atoms with Gasteiger partial charge >= 0.3 is 0 Å². The van der Waals surface area contributed by atoms with Crippen molar-refractivity contribution in [1.29, 1.82) is 0 Å². The topological polar surface area (TPSA) is 72.1 Å². The maximum absolute atomic E-state index is 12.4. The van der Waals surface area contributed by atoms with Crippen LogP contribution in [0.1, 0.15) is 55.7 Å². The number of aromatic nitrogens is 3. The lowest BCUT2D eigenvalue weighted by molar-refractivity contribution is -0.129. The van der Waals surface area contributed by atoms with Crippen LogP contribution in [-0.2, 0) is 11.3 Å². The molecule has 0 aliphatic carbocycles. The van der Waals surface area contributed by atoms with Crippen molar-refractivity contribution >= 4 is 5.91 Å². The second kappa shape index (κ2) is 7.31. The van der Waals surface area contributed by atoms with Gasteiger partial charge in [-0.05, 0) is 35.6 Å². The largest absolute Gasteiger partial charge is 0.337 e. The Kier molecular flexibility index (Phi) is 4.71. The maximum Gasteiger partial charge on any atom is 0.249 e. The third kappa shape index (κ3) is 3.60. The number of pyridine rings is 1. The smallest absolute Gasteiger partial charge is 0.249 e. The van der Waals surface area contributed by atoms with Crippen LogP contribution in [0.15, 0.2) is 53.3 Å². The van der Waals surface area contributed by atoms with E-state index in [2.05, 4.69) is 53.2 Å². The predicted octanol–water partition coefficient (Wildman–Crippen LogP) is 4.12. The Morgan fingerprint density at radius 1 is 1.22 bits per heavy atom. The zero-order valence-corrected chi connectivity index (χ0v) is 15.5. The Morgan fingerprint density at radius 3 is 2.74 bits per heavy atom. The molecule has 1 saturated heterocycles. The van der Waals surface area contributed by atoms with Gasteiger partial charge in [-0.3, -0.25) is 9.78 Å². The van der Waals surface area contributed by atoms with Gasteiger partial charge in [0.1, 0.15) is 6.04 Å². The first-order valence-corrected chi connectivity index (χ1v) is 9.24. The fraction of sp³-hybridized carbons (Fsp3) is 0.333. The van der Waals surface area contributed by atoms with Crippen LogP contribution in [0.5, 0.6) is 0 Å². The van der Waals surface area contributed by atoms with Gasteiger partial charge in [0.25, 0.3) is 0 Å². The molecule has 2 aromatic heterocycles. The number of amides is 1. The van der Waals surface area contributed by atoms with Crippen LogP contribution in [-0.4, -0.2) is 25.9 Å². The summed E-state index contributed by atoms with van der Waals surface area (Å²) in [6, 6.07) is 12.0. The van der Waals surface area contributed by atoms with Gasteiger partial charge in [-0.1, -0.05) is 43.3 Å². The van der Waals surface area contributed by atoms with Crippen LogP contribution in [0.25, 0.3) is 11.4 Å². The summed E-state index contributed by atoms with van der Waals surface area (Å²) in [6.45, 7) is 4.89. The van der Waals surface area contributed by atoms with Crippen molar-refractivity contribution in [2.24, 2.45) is 0 Å². The minimum absolute atomic E-state index is 0.120. The number of benzene rings is 1. The number of hydrogen-bond acceptors (Lipinski definition) is 5. The molecule has 0 saturated carbocycles. The van der Waals surface area contributed by atoms with Crippen LogP contribution in [0.2, 0.25) is 0 Å². The van der Waals surface area contributed by atoms with E-state index in [-0.39, 0.29) is 11.9 Å². The summed E-state index contributed by atoms with van der Waals surface area (Å²) in [5.74, 6) is 1.59. The van der Waals surface area contributed by atoms with E-state index in [1.165, 1.54) is 5.56 Å². The fourth-order valence-corrected chi connectivity index (χ4v) is 3.38. The normalized spacial score (nSPS) is 17.1. The molecule has 1 amide bonds. The van der Waals surface area contributed by atoms with Gasteiger partial charge in [0.15, 0.2) is 0 Å². The zero-order valence-electron chi connectivity index (χ0n) is 15.5. The molecule has 1 aliphatic heterocycles. The van der Waals surface area contributed by atoms with Crippen molar-refractivity contribution in [2.75, 3.05) is 0 Å². The summed E-state index contributed by atoms with van der Waals surface area (Å²) in [7, 11) is 0. The molecule has 4 rings (SSSR count). The fourth-order valence-electron chi connectivity index (χ4n) is 3.38. The van der Waals surface area contributed by atoms with E-state index in [0.29, 0.717) is 37.0 Å². The maximum atomic E-state index is 12.4. The summed E-state index contributed by atoms with van der Waals surface area (Å²) in [6.07, 6.45) is 4.59. The van der Waals surface area contributed by atoms with Crippen molar-refractivity contribution in [2.45, 2.75) is 45.2 Å².